The van der Waals surface area contributed by atoms with E-state index in [-0.39, 0.29) is 20.4 Å². The summed E-state index contributed by atoms with van der Waals surface area (Å²) in [6, 6.07) is 0. The molecule has 0 saturated carbocycles. The molecule has 0 aromatic rings. The van der Waals surface area contributed by atoms with Gasteiger partial charge in [0.15, 0.2) is 0 Å². The van der Waals surface area contributed by atoms with Gasteiger partial charge in [-0.25, -0.2) is 0 Å². The van der Waals surface area contributed by atoms with Crippen molar-refractivity contribution < 1.29 is 20.4 Å². The van der Waals surface area contributed by atoms with Crippen molar-refractivity contribution in [1.29, 1.82) is 0 Å². The van der Waals surface area contributed by atoms with Gasteiger partial charge in [0.25, 0.3) is 3.25 Å². The molecule has 0 aromatic carbocycles. The van der Waals surface area contributed by atoms with Gasteiger partial charge >= 0.3 is 0 Å². The van der Waals surface area contributed by atoms with Crippen LogP contribution in [0.3, 0.4) is 0 Å². The molecule has 0 bridgehead atoms. The molecule has 42 valence electrons. The molecule has 0 aliphatic heterocycles. The van der Waals surface area contributed by atoms with Crippen molar-refractivity contribution in [2.45, 2.75) is 3.25 Å². The van der Waals surface area contributed by atoms with Crippen LogP contribution in [-0.4, -0.2) is 3.25 Å². The summed E-state index contributed by atoms with van der Waals surface area (Å²) in [5.41, 5.74) is 0. The average molecular weight is 260 g/mol. The van der Waals surface area contributed by atoms with Crippen molar-refractivity contribution in [3.05, 3.63) is 0 Å². The maximum Gasteiger partial charge on any atom is 0.266 e. The van der Waals surface area contributed by atoms with Crippen LogP contribution >= 0.6 is 46.4 Å². The molecule has 0 N–H and O–H groups in total. The van der Waals surface area contributed by atoms with E-state index in [1.54, 1.807) is 0 Å². The van der Waals surface area contributed by atoms with Gasteiger partial charge in [-0.15, -0.1) is 0 Å². The monoisotopic (exact) mass is 258 g/mol. The standard InChI is InChI=1S/CCl4.Pd/c2-1(3,4)5;. The molecule has 0 atom stereocenters. The van der Waals surface area contributed by atoms with Gasteiger partial charge in [-0.2, -0.15) is 0 Å². The maximum absolute atomic E-state index is 4.83. The Bertz CT molecular complexity index is 23.0. The van der Waals surface area contributed by atoms with Crippen LogP contribution in [0.5, 0.6) is 0 Å². The molecule has 5 heteroatoms. The van der Waals surface area contributed by atoms with Gasteiger partial charge in [0.05, 0.1) is 0 Å². The van der Waals surface area contributed by atoms with Crippen LogP contribution in [0.2, 0.25) is 0 Å². The Morgan fingerprint density at radius 2 is 0.833 bits per heavy atom. The molecule has 0 aliphatic rings. The van der Waals surface area contributed by atoms with E-state index >= 15 is 0 Å². The Morgan fingerprint density at radius 1 is 0.833 bits per heavy atom. The van der Waals surface area contributed by atoms with Gasteiger partial charge in [-0.1, -0.05) is 46.4 Å². The zero-order chi connectivity index (χ0) is 4.50. The number of alkyl halides is 4. The zero-order valence-corrected chi connectivity index (χ0v) is 6.91. The molecule has 0 radical (unpaired) electrons. The molecule has 0 rings (SSSR count). The molecule has 0 aliphatic carbocycles. The summed E-state index contributed by atoms with van der Waals surface area (Å²) < 4.78 is -1.61. The van der Waals surface area contributed by atoms with Crippen LogP contribution in [0.25, 0.3) is 0 Å². The summed E-state index contributed by atoms with van der Waals surface area (Å²) in [6.07, 6.45) is 0. The van der Waals surface area contributed by atoms with Gasteiger partial charge < -0.3 is 0 Å². The zero-order valence-electron chi connectivity index (χ0n) is 2.33. The Kier molecular flexibility index (Phi) is 6.77. The minimum Gasteiger partial charge on any atom is -0.0664 e. The largest absolute Gasteiger partial charge is 0.266 e. The molecule has 0 heterocycles. The van der Waals surface area contributed by atoms with E-state index in [1.165, 1.54) is 0 Å². The molecule has 6 heavy (non-hydrogen) atoms. The van der Waals surface area contributed by atoms with Crippen molar-refractivity contribution in [3.63, 3.8) is 0 Å². The van der Waals surface area contributed by atoms with Crippen molar-refractivity contribution in [2.24, 2.45) is 0 Å². The summed E-state index contributed by atoms with van der Waals surface area (Å²) in [6.45, 7) is 0. The molecular weight excluding hydrogens is 260 g/mol. The SMILES string of the molecule is ClC(Cl)(Cl)Cl.[Pd]. The van der Waals surface area contributed by atoms with Crippen molar-refractivity contribution in [2.75, 3.05) is 0 Å². The Balaban J connectivity index is 0. The second-order valence-corrected chi connectivity index (χ2v) is 3.86. The number of hydrogen-bond acceptors (Lipinski definition) is 0. The smallest absolute Gasteiger partial charge is 0.0664 e. The molecule has 0 saturated heterocycles. The quantitative estimate of drug-likeness (QED) is 0.464. The Hall–Kier alpha value is 1.82. The first-order valence-electron chi connectivity index (χ1n) is 0.756. The van der Waals surface area contributed by atoms with Crippen LogP contribution in [0.15, 0.2) is 0 Å². The van der Waals surface area contributed by atoms with Crippen LogP contribution in [-0.2, 0) is 20.4 Å². The van der Waals surface area contributed by atoms with E-state index in [0.29, 0.717) is 0 Å². The molecular formula is CCl4Pd. The summed E-state index contributed by atoms with van der Waals surface area (Å²) in [5.74, 6) is 0. The fraction of sp³-hybridized carbons (Fsp3) is 1.00. The number of hydrogen-bond donors (Lipinski definition) is 0. The average Bonchev–Trinajstić information content (AvgIpc) is 0.722. The van der Waals surface area contributed by atoms with Gasteiger partial charge in [-0.05, 0) is 0 Å². The van der Waals surface area contributed by atoms with Crippen molar-refractivity contribution in [1.82, 2.24) is 0 Å². The van der Waals surface area contributed by atoms with E-state index in [0.717, 1.165) is 0 Å². The third-order valence-electron chi connectivity index (χ3n) is 0. The molecule has 0 nitrogen and oxygen atoms in total. The van der Waals surface area contributed by atoms with Gasteiger partial charge in [0.2, 0.25) is 0 Å². The first-order valence-corrected chi connectivity index (χ1v) is 2.27. The second kappa shape index (κ2) is 3.78. The van der Waals surface area contributed by atoms with Crippen LogP contribution < -0.4 is 0 Å². The number of rotatable bonds is 0. The summed E-state index contributed by atoms with van der Waals surface area (Å²) in [4.78, 5) is 0. The van der Waals surface area contributed by atoms with Crippen molar-refractivity contribution in [3.8, 4) is 0 Å². The van der Waals surface area contributed by atoms with E-state index in [1.807, 2.05) is 0 Å². The van der Waals surface area contributed by atoms with Gasteiger partial charge in [-0.3, -0.25) is 0 Å². The van der Waals surface area contributed by atoms with Crippen LogP contribution in [0.1, 0.15) is 0 Å². The predicted octanol–water partition coefficient (Wildman–Crippen LogP) is 2.55. The van der Waals surface area contributed by atoms with Crippen molar-refractivity contribution >= 4 is 46.4 Å². The minimum atomic E-state index is -1.61. The number of halogens is 4. The van der Waals surface area contributed by atoms with E-state index in [2.05, 4.69) is 0 Å². The van der Waals surface area contributed by atoms with Gasteiger partial charge in [0.1, 0.15) is 0 Å². The molecule has 0 aromatic heterocycles. The predicted molar refractivity (Wildman–Crippen MR) is 26.1 cm³/mol. The summed E-state index contributed by atoms with van der Waals surface area (Å²) >= 11 is 19.3. The third-order valence-corrected chi connectivity index (χ3v) is 0. The molecule has 0 fully saturated rings. The van der Waals surface area contributed by atoms with E-state index in [4.69, 9.17) is 46.4 Å². The molecule has 0 spiro atoms. The minimum absolute atomic E-state index is 0. The van der Waals surface area contributed by atoms with E-state index < -0.39 is 3.25 Å². The summed E-state index contributed by atoms with van der Waals surface area (Å²) in [7, 11) is 0. The Labute approximate surface area is 69.7 Å². The first kappa shape index (κ1) is 10.7. The van der Waals surface area contributed by atoms with Crippen LogP contribution in [0.4, 0.5) is 0 Å². The fourth-order valence-electron chi connectivity index (χ4n) is 0. The van der Waals surface area contributed by atoms with Crippen LogP contribution in [0, 0.1) is 0 Å². The topological polar surface area (TPSA) is 0 Å². The normalized spacial score (nSPS) is 10.0. The van der Waals surface area contributed by atoms with Gasteiger partial charge in [0, 0.05) is 20.4 Å². The third kappa shape index (κ3) is 40.8. The van der Waals surface area contributed by atoms with E-state index in [9.17, 15) is 0 Å². The first-order chi connectivity index (χ1) is 2.00. The molecule has 0 amide bonds. The summed E-state index contributed by atoms with van der Waals surface area (Å²) in [5, 5.41) is 0. The fourth-order valence-corrected chi connectivity index (χ4v) is 0. The molecule has 0 unspecified atom stereocenters. The second-order valence-electron chi connectivity index (χ2n) is 0.429. The Morgan fingerprint density at radius 3 is 0.833 bits per heavy atom. The maximum atomic E-state index is 4.83.